The Kier molecular flexibility index (Phi) is 4.74. The first-order chi connectivity index (χ1) is 16.9. The molecule has 0 fully saturated rings. The summed E-state index contributed by atoms with van der Waals surface area (Å²) in [4.78, 5) is 15.1. The number of nitrogens with one attached hydrogen (secondary N) is 2. The summed E-state index contributed by atoms with van der Waals surface area (Å²) in [6, 6.07) is 19.0. The minimum Gasteiger partial charge on any atom is -0.507 e. The highest BCUT2D eigenvalue weighted by Gasteiger charge is 2.14. The number of phenolic OH excluding ortho intramolecular Hbond substituents is 2. The number of nitrogens with zero attached hydrogens (tertiary/aromatic N) is 2. The van der Waals surface area contributed by atoms with Gasteiger partial charge in [0.2, 0.25) is 0 Å². The molecule has 8 heteroatoms. The van der Waals surface area contributed by atoms with Gasteiger partial charge in [-0.25, -0.2) is 18.7 Å². The SMILES string of the molecule is Oc1ccc(Cc2ccc(O)c(-c3nc4ccc(F)cc4[nH]3)c2)cc1-c1nc2ccc(F)cc2[nH]1. The van der Waals surface area contributed by atoms with Gasteiger partial charge in [-0.05, 0) is 78.2 Å². The second-order valence-corrected chi connectivity index (χ2v) is 8.37. The van der Waals surface area contributed by atoms with Gasteiger partial charge < -0.3 is 20.2 Å². The largest absolute Gasteiger partial charge is 0.507 e. The van der Waals surface area contributed by atoms with Crippen molar-refractivity contribution in [3.05, 3.63) is 95.6 Å². The molecule has 0 spiro atoms. The highest BCUT2D eigenvalue weighted by Crippen LogP contribution is 2.33. The van der Waals surface area contributed by atoms with Crippen molar-refractivity contribution >= 4 is 22.1 Å². The van der Waals surface area contributed by atoms with Crippen molar-refractivity contribution < 1.29 is 19.0 Å². The van der Waals surface area contributed by atoms with Gasteiger partial charge in [0.25, 0.3) is 0 Å². The molecule has 0 unspecified atom stereocenters. The van der Waals surface area contributed by atoms with Crippen LogP contribution in [0.15, 0.2) is 72.8 Å². The second kappa shape index (κ2) is 7.95. The first-order valence-corrected chi connectivity index (χ1v) is 10.9. The Hall–Kier alpha value is -4.72. The molecule has 2 heterocycles. The van der Waals surface area contributed by atoms with Crippen molar-refractivity contribution in [3.63, 3.8) is 0 Å². The van der Waals surface area contributed by atoms with Gasteiger partial charge in [-0.1, -0.05) is 12.1 Å². The first-order valence-electron chi connectivity index (χ1n) is 10.9. The van der Waals surface area contributed by atoms with E-state index in [9.17, 15) is 19.0 Å². The molecule has 0 aliphatic heterocycles. The fourth-order valence-corrected chi connectivity index (χ4v) is 4.22. The zero-order valence-electron chi connectivity index (χ0n) is 18.2. The number of hydrogen-bond acceptors (Lipinski definition) is 4. The van der Waals surface area contributed by atoms with Gasteiger partial charge in [0.05, 0.1) is 33.2 Å². The van der Waals surface area contributed by atoms with E-state index < -0.39 is 0 Å². The Bertz CT molecular complexity index is 1610. The molecule has 172 valence electrons. The maximum atomic E-state index is 13.6. The molecule has 4 N–H and O–H groups in total. The summed E-state index contributed by atoms with van der Waals surface area (Å²) in [7, 11) is 0. The lowest BCUT2D eigenvalue weighted by atomic mass is 10.00. The van der Waals surface area contributed by atoms with Crippen LogP contribution < -0.4 is 0 Å². The van der Waals surface area contributed by atoms with Gasteiger partial charge in [-0.15, -0.1) is 0 Å². The molecule has 6 nitrogen and oxygen atoms in total. The van der Waals surface area contributed by atoms with E-state index in [2.05, 4.69) is 19.9 Å². The Morgan fingerprint density at radius 2 is 1.06 bits per heavy atom. The smallest absolute Gasteiger partial charge is 0.142 e. The number of phenols is 2. The van der Waals surface area contributed by atoms with E-state index >= 15 is 0 Å². The molecule has 2 aromatic heterocycles. The topological polar surface area (TPSA) is 97.8 Å². The number of aromatic hydroxyl groups is 2. The Morgan fingerprint density at radius 1 is 0.600 bits per heavy atom. The maximum Gasteiger partial charge on any atom is 0.142 e. The van der Waals surface area contributed by atoms with E-state index in [4.69, 9.17) is 0 Å². The molecule has 6 aromatic rings. The lowest BCUT2D eigenvalue weighted by molar-refractivity contribution is 0.476. The van der Waals surface area contributed by atoms with Crippen LogP contribution in [0.1, 0.15) is 11.1 Å². The van der Waals surface area contributed by atoms with E-state index in [0.29, 0.717) is 51.3 Å². The lowest BCUT2D eigenvalue weighted by Crippen LogP contribution is -1.92. The molecular formula is C27H18F2N4O2. The summed E-state index contributed by atoms with van der Waals surface area (Å²) < 4.78 is 27.1. The first kappa shape index (κ1) is 20.9. The normalized spacial score (nSPS) is 11.5. The highest BCUT2D eigenvalue weighted by atomic mass is 19.1. The van der Waals surface area contributed by atoms with Crippen molar-refractivity contribution in [1.82, 2.24) is 19.9 Å². The fourth-order valence-electron chi connectivity index (χ4n) is 4.22. The molecule has 0 amide bonds. The van der Waals surface area contributed by atoms with Crippen molar-refractivity contribution in [2.24, 2.45) is 0 Å². The quantitative estimate of drug-likeness (QED) is 0.253. The number of hydrogen-bond donors (Lipinski definition) is 4. The molecule has 35 heavy (non-hydrogen) atoms. The van der Waals surface area contributed by atoms with Crippen LogP contribution >= 0.6 is 0 Å². The minimum absolute atomic E-state index is 0.0502. The zero-order chi connectivity index (χ0) is 24.1. The summed E-state index contributed by atoms with van der Waals surface area (Å²) in [5, 5.41) is 20.9. The van der Waals surface area contributed by atoms with Crippen LogP contribution in [0.3, 0.4) is 0 Å². The third-order valence-corrected chi connectivity index (χ3v) is 5.93. The Labute approximate surface area is 197 Å². The van der Waals surface area contributed by atoms with Gasteiger partial charge in [-0.2, -0.15) is 0 Å². The molecule has 0 saturated carbocycles. The molecule has 0 aliphatic rings. The van der Waals surface area contributed by atoms with Crippen molar-refractivity contribution in [2.45, 2.75) is 6.42 Å². The van der Waals surface area contributed by atoms with Crippen LogP contribution in [0.25, 0.3) is 44.8 Å². The van der Waals surface area contributed by atoms with E-state index in [0.717, 1.165) is 11.1 Å². The summed E-state index contributed by atoms with van der Waals surface area (Å²) in [5.74, 6) is 0.229. The molecule has 0 bridgehead atoms. The number of aromatic amines is 2. The van der Waals surface area contributed by atoms with Gasteiger partial charge >= 0.3 is 0 Å². The van der Waals surface area contributed by atoms with Crippen LogP contribution in [0.4, 0.5) is 8.78 Å². The van der Waals surface area contributed by atoms with Crippen molar-refractivity contribution in [2.75, 3.05) is 0 Å². The van der Waals surface area contributed by atoms with Gasteiger partial charge in [0, 0.05) is 0 Å². The second-order valence-electron chi connectivity index (χ2n) is 8.37. The number of aromatic nitrogens is 4. The van der Waals surface area contributed by atoms with E-state index in [1.807, 2.05) is 12.1 Å². The summed E-state index contributed by atoms with van der Waals surface area (Å²) >= 11 is 0. The molecule has 6 rings (SSSR count). The summed E-state index contributed by atoms with van der Waals surface area (Å²) in [6.45, 7) is 0. The number of fused-ring (bicyclic) bond motifs is 2. The molecule has 4 aromatic carbocycles. The third-order valence-electron chi connectivity index (χ3n) is 5.93. The average Bonchev–Trinajstić information content (AvgIpc) is 3.44. The molecular weight excluding hydrogens is 450 g/mol. The average molecular weight is 468 g/mol. The van der Waals surface area contributed by atoms with Gasteiger partial charge in [0.15, 0.2) is 0 Å². The lowest BCUT2D eigenvalue weighted by Gasteiger charge is -2.09. The molecule has 0 aliphatic carbocycles. The standard InChI is InChI=1S/C27H18F2N4O2/c28-16-3-5-20-22(12-16)32-26(30-20)18-10-14(1-7-24(18)34)9-15-2-8-25(35)19(11-15)27-31-21-6-4-17(29)13-23(21)33-27/h1-8,10-13,34-35H,9H2,(H,30,32)(H,31,33). The maximum absolute atomic E-state index is 13.6. The highest BCUT2D eigenvalue weighted by molar-refractivity contribution is 5.82. The summed E-state index contributed by atoms with van der Waals surface area (Å²) in [5.41, 5.74) is 5.06. The number of benzene rings is 4. The predicted octanol–water partition coefficient (Wildman–Crippen LogP) is 6.05. The third kappa shape index (κ3) is 3.85. The number of halogens is 2. The zero-order valence-corrected chi connectivity index (χ0v) is 18.2. The number of imidazole rings is 2. The van der Waals surface area contributed by atoms with Crippen molar-refractivity contribution in [1.29, 1.82) is 0 Å². The Balaban J connectivity index is 1.34. The van der Waals surface area contributed by atoms with Gasteiger partial charge in [-0.3, -0.25) is 0 Å². The van der Waals surface area contributed by atoms with Crippen LogP contribution in [0.2, 0.25) is 0 Å². The number of H-pyrrole nitrogens is 2. The van der Waals surface area contributed by atoms with Crippen LogP contribution in [0.5, 0.6) is 11.5 Å². The van der Waals surface area contributed by atoms with Crippen LogP contribution in [0, 0.1) is 11.6 Å². The van der Waals surface area contributed by atoms with Crippen LogP contribution in [-0.2, 0) is 6.42 Å². The molecule has 0 saturated heterocycles. The van der Waals surface area contributed by atoms with Gasteiger partial charge in [0.1, 0.15) is 34.8 Å². The number of rotatable bonds is 4. The molecule has 0 radical (unpaired) electrons. The fraction of sp³-hybridized carbons (Fsp3) is 0.0370. The monoisotopic (exact) mass is 468 g/mol. The predicted molar refractivity (Wildman–Crippen MR) is 129 cm³/mol. The van der Waals surface area contributed by atoms with Crippen molar-refractivity contribution in [3.8, 4) is 34.3 Å². The van der Waals surface area contributed by atoms with E-state index in [-0.39, 0.29) is 23.1 Å². The van der Waals surface area contributed by atoms with E-state index in [1.54, 1.807) is 36.4 Å². The van der Waals surface area contributed by atoms with Crippen LogP contribution in [-0.4, -0.2) is 30.1 Å². The minimum atomic E-state index is -0.372. The molecule has 0 atom stereocenters. The van der Waals surface area contributed by atoms with E-state index in [1.165, 1.54) is 24.3 Å². The Morgan fingerprint density at radius 3 is 1.51 bits per heavy atom. The summed E-state index contributed by atoms with van der Waals surface area (Å²) in [6.07, 6.45) is 0.504.